The van der Waals surface area contributed by atoms with Gasteiger partial charge in [-0.1, -0.05) is 42.1 Å². The number of rotatable bonds is 3. The number of carbonyl (C=O) groups excluding carboxylic acids is 1. The quantitative estimate of drug-likeness (QED) is 0.863. The van der Waals surface area contributed by atoms with Crippen LogP contribution in [-0.2, 0) is 5.75 Å². The molecule has 0 N–H and O–H groups in total. The zero-order valence-electron chi connectivity index (χ0n) is 11.8. The Hall–Kier alpha value is -1.59. The molecule has 0 unspecified atom stereocenters. The van der Waals surface area contributed by atoms with Crippen LogP contribution in [-0.4, -0.2) is 29.1 Å². The lowest BCUT2D eigenvalue weighted by Crippen LogP contribution is -2.32. The summed E-state index contributed by atoms with van der Waals surface area (Å²) in [7, 11) is 0. The van der Waals surface area contributed by atoms with Crippen LogP contribution in [0.3, 0.4) is 0 Å². The molecule has 0 spiro atoms. The maximum Gasteiger partial charge on any atom is 0.269 e. The number of aryl methyl sites for hydroxylation is 1. The largest absolute Gasteiger partial charge is 0.285 e. The minimum atomic E-state index is 0.0681. The summed E-state index contributed by atoms with van der Waals surface area (Å²) in [5.41, 5.74) is 2.57. The van der Waals surface area contributed by atoms with Crippen LogP contribution in [0.5, 0.6) is 0 Å². The lowest BCUT2D eigenvalue weighted by Gasteiger charge is -2.17. The third-order valence-electron chi connectivity index (χ3n) is 3.40. The Morgan fingerprint density at radius 2 is 2.19 bits per heavy atom. The normalized spacial score (nSPS) is 14.3. The van der Waals surface area contributed by atoms with Crippen molar-refractivity contribution in [3.05, 3.63) is 57.8 Å². The first-order valence-electron chi connectivity index (χ1n) is 6.83. The van der Waals surface area contributed by atoms with Gasteiger partial charge in [0, 0.05) is 12.3 Å². The molecule has 5 heteroatoms. The predicted octanol–water partition coefficient (Wildman–Crippen LogP) is 3.80. The van der Waals surface area contributed by atoms with Gasteiger partial charge in [-0.15, -0.1) is 11.3 Å². The van der Waals surface area contributed by atoms with Gasteiger partial charge in [0.2, 0.25) is 0 Å². The minimum Gasteiger partial charge on any atom is -0.285 e. The fourth-order valence-electron chi connectivity index (χ4n) is 2.19. The van der Waals surface area contributed by atoms with E-state index >= 15 is 0 Å². The molecule has 1 amide bonds. The summed E-state index contributed by atoms with van der Waals surface area (Å²) in [5.74, 6) is 0.915. The third kappa shape index (κ3) is 3.19. The fraction of sp³-hybridized carbons (Fsp3) is 0.250. The summed E-state index contributed by atoms with van der Waals surface area (Å²) in [4.78, 5) is 19.5. The van der Waals surface area contributed by atoms with Gasteiger partial charge in [-0.05, 0) is 29.5 Å². The molecule has 0 radical (unpaired) electrons. The van der Waals surface area contributed by atoms with Crippen LogP contribution in [0.4, 0.5) is 0 Å². The number of aliphatic imine (C=N–C) groups is 1. The number of benzene rings is 1. The highest BCUT2D eigenvalue weighted by atomic mass is 32.2. The van der Waals surface area contributed by atoms with Gasteiger partial charge in [0.15, 0.2) is 5.17 Å². The summed E-state index contributed by atoms with van der Waals surface area (Å²) >= 11 is 3.13. The molecule has 0 saturated carbocycles. The van der Waals surface area contributed by atoms with E-state index in [9.17, 15) is 4.79 Å². The first-order chi connectivity index (χ1) is 10.3. The standard InChI is InChI=1S/C16H16N2OS2/c1-12-5-2-3-6-13(12)11-21-16-17-8-9-18(16)15(19)14-7-4-10-20-14/h2-7,10H,8-9,11H2,1H3. The van der Waals surface area contributed by atoms with Crippen molar-refractivity contribution in [3.63, 3.8) is 0 Å². The van der Waals surface area contributed by atoms with Crippen LogP contribution < -0.4 is 0 Å². The zero-order chi connectivity index (χ0) is 14.7. The maximum atomic E-state index is 12.4. The van der Waals surface area contributed by atoms with Crippen LogP contribution in [0, 0.1) is 6.92 Å². The van der Waals surface area contributed by atoms with Gasteiger partial charge in [-0.2, -0.15) is 0 Å². The van der Waals surface area contributed by atoms with Gasteiger partial charge in [-0.3, -0.25) is 14.7 Å². The van der Waals surface area contributed by atoms with Crippen molar-refractivity contribution in [1.29, 1.82) is 0 Å². The van der Waals surface area contributed by atoms with Gasteiger partial charge in [0.25, 0.3) is 5.91 Å². The average Bonchev–Trinajstić information content (AvgIpc) is 3.17. The van der Waals surface area contributed by atoms with E-state index in [4.69, 9.17) is 0 Å². The van der Waals surface area contributed by atoms with Crippen molar-refractivity contribution >= 4 is 34.2 Å². The van der Waals surface area contributed by atoms with Crippen LogP contribution >= 0.6 is 23.1 Å². The summed E-state index contributed by atoms with van der Waals surface area (Å²) in [5, 5.41) is 2.78. The number of amides is 1. The van der Waals surface area contributed by atoms with Gasteiger partial charge in [0.1, 0.15) is 0 Å². The van der Waals surface area contributed by atoms with Crippen LogP contribution in [0.15, 0.2) is 46.8 Å². The molecule has 3 nitrogen and oxygen atoms in total. The van der Waals surface area contributed by atoms with Crippen LogP contribution in [0.25, 0.3) is 0 Å². The van der Waals surface area contributed by atoms with Crippen molar-refractivity contribution in [2.24, 2.45) is 4.99 Å². The number of thioether (sulfide) groups is 1. The fourth-order valence-corrected chi connectivity index (χ4v) is 3.98. The Morgan fingerprint density at radius 3 is 2.95 bits per heavy atom. The van der Waals surface area contributed by atoms with E-state index in [0.717, 1.165) is 15.8 Å². The second-order valence-corrected chi connectivity index (χ2v) is 6.70. The number of nitrogens with zero attached hydrogens (tertiary/aromatic N) is 2. The van der Waals surface area contributed by atoms with E-state index < -0.39 is 0 Å². The lowest BCUT2D eigenvalue weighted by atomic mass is 10.1. The van der Waals surface area contributed by atoms with E-state index in [2.05, 4.69) is 24.0 Å². The van der Waals surface area contributed by atoms with Gasteiger partial charge in [0.05, 0.1) is 11.4 Å². The molecule has 0 saturated heterocycles. The number of carbonyl (C=O) groups is 1. The first kappa shape index (κ1) is 14.4. The van der Waals surface area contributed by atoms with Crippen molar-refractivity contribution in [3.8, 4) is 0 Å². The summed E-state index contributed by atoms with van der Waals surface area (Å²) in [6.07, 6.45) is 0. The van der Waals surface area contributed by atoms with Gasteiger partial charge in [-0.25, -0.2) is 0 Å². The van der Waals surface area contributed by atoms with E-state index in [0.29, 0.717) is 13.1 Å². The Kier molecular flexibility index (Phi) is 4.41. The highest BCUT2D eigenvalue weighted by molar-refractivity contribution is 8.13. The molecular weight excluding hydrogens is 300 g/mol. The monoisotopic (exact) mass is 316 g/mol. The maximum absolute atomic E-state index is 12.4. The molecule has 0 bridgehead atoms. The van der Waals surface area contributed by atoms with E-state index in [1.54, 1.807) is 16.7 Å². The molecule has 2 aromatic rings. The van der Waals surface area contributed by atoms with Crippen molar-refractivity contribution in [1.82, 2.24) is 4.90 Å². The molecule has 1 aromatic heterocycles. The van der Waals surface area contributed by atoms with Gasteiger partial charge >= 0.3 is 0 Å². The Labute approximate surface area is 132 Å². The van der Waals surface area contributed by atoms with Crippen molar-refractivity contribution in [2.75, 3.05) is 13.1 Å². The smallest absolute Gasteiger partial charge is 0.269 e. The topological polar surface area (TPSA) is 32.7 Å². The van der Waals surface area contributed by atoms with E-state index in [1.165, 1.54) is 22.5 Å². The Balaban J connectivity index is 1.68. The van der Waals surface area contributed by atoms with Crippen LogP contribution in [0.2, 0.25) is 0 Å². The number of thiophene rings is 1. The summed E-state index contributed by atoms with van der Waals surface area (Å²) in [6, 6.07) is 12.1. The third-order valence-corrected chi connectivity index (χ3v) is 5.32. The molecule has 0 atom stereocenters. The summed E-state index contributed by atoms with van der Waals surface area (Å²) < 4.78 is 0. The first-order valence-corrected chi connectivity index (χ1v) is 8.69. The van der Waals surface area contributed by atoms with Crippen molar-refractivity contribution in [2.45, 2.75) is 12.7 Å². The molecule has 1 aliphatic heterocycles. The number of hydrogen-bond acceptors (Lipinski definition) is 4. The Morgan fingerprint density at radius 1 is 1.33 bits per heavy atom. The zero-order valence-corrected chi connectivity index (χ0v) is 13.4. The molecule has 21 heavy (non-hydrogen) atoms. The molecule has 0 fully saturated rings. The predicted molar refractivity (Wildman–Crippen MR) is 90.1 cm³/mol. The summed E-state index contributed by atoms with van der Waals surface area (Å²) in [6.45, 7) is 3.50. The van der Waals surface area contributed by atoms with Crippen molar-refractivity contribution < 1.29 is 4.79 Å². The number of hydrogen-bond donors (Lipinski definition) is 0. The highest BCUT2D eigenvalue weighted by Gasteiger charge is 2.25. The molecule has 0 aliphatic carbocycles. The lowest BCUT2D eigenvalue weighted by molar-refractivity contribution is 0.0865. The highest BCUT2D eigenvalue weighted by Crippen LogP contribution is 2.23. The molecule has 1 aliphatic rings. The van der Waals surface area contributed by atoms with E-state index in [-0.39, 0.29) is 5.91 Å². The second kappa shape index (κ2) is 6.45. The average molecular weight is 316 g/mol. The Bertz CT molecular complexity index is 665. The van der Waals surface area contributed by atoms with Gasteiger partial charge < -0.3 is 0 Å². The van der Waals surface area contributed by atoms with Crippen LogP contribution in [0.1, 0.15) is 20.8 Å². The SMILES string of the molecule is Cc1ccccc1CSC1=NCCN1C(=O)c1cccs1. The molecular formula is C16H16N2OS2. The molecule has 108 valence electrons. The molecule has 3 rings (SSSR count). The van der Waals surface area contributed by atoms with E-state index in [1.807, 2.05) is 29.6 Å². The molecule has 2 heterocycles. The second-order valence-electron chi connectivity index (χ2n) is 4.81. The number of amidine groups is 1. The minimum absolute atomic E-state index is 0.0681. The molecule has 1 aromatic carbocycles.